The van der Waals surface area contributed by atoms with Crippen molar-refractivity contribution in [3.8, 4) is 0 Å². The zero-order valence-electron chi connectivity index (χ0n) is 8.75. The molecule has 0 saturated heterocycles. The summed E-state index contributed by atoms with van der Waals surface area (Å²) in [5.74, 6) is 0. The molecular weight excluding hydrogens is 183 g/mol. The van der Waals surface area contributed by atoms with Gasteiger partial charge in [-0.25, -0.2) is 0 Å². The molecule has 2 aromatic rings. The summed E-state index contributed by atoms with van der Waals surface area (Å²) in [5, 5.41) is 9.60. The normalized spacial score (nSPS) is 13.5. The first-order valence-electron chi connectivity index (χ1n) is 5.43. The smallest absolute Gasteiger partial charge is 0.369 e. The van der Waals surface area contributed by atoms with Crippen LogP contribution >= 0.6 is 0 Å². The number of anilines is 2. The van der Waals surface area contributed by atoms with Crippen LogP contribution in [0.4, 0.5) is 11.4 Å². The van der Waals surface area contributed by atoms with E-state index >= 15 is 0 Å². The fraction of sp³-hybridized carbons (Fsp3) is 0.167. The molecule has 0 bridgehead atoms. The van der Waals surface area contributed by atoms with Crippen LogP contribution in [0, 0.1) is 0 Å². The van der Waals surface area contributed by atoms with Gasteiger partial charge in [-0.05, 0) is 23.8 Å². The van der Waals surface area contributed by atoms with E-state index in [9.17, 15) is 0 Å². The molecule has 0 fully saturated rings. The minimum Gasteiger partial charge on any atom is -0.409 e. The summed E-state index contributed by atoms with van der Waals surface area (Å²) in [6.07, 6.45) is 1.07. The molecule has 0 atom stereocenters. The first-order valence-corrected chi connectivity index (χ1v) is 5.43. The van der Waals surface area contributed by atoms with Crippen molar-refractivity contribution in [3.63, 3.8) is 0 Å². The minimum atomic E-state index is 0.352. The van der Waals surface area contributed by atoms with Crippen molar-refractivity contribution in [1.82, 2.24) is 0 Å². The number of hydrogen-bond donors (Lipinski definition) is 2. The van der Waals surface area contributed by atoms with Gasteiger partial charge in [0.1, 0.15) is 0 Å². The summed E-state index contributed by atoms with van der Waals surface area (Å²) in [6, 6.07) is 12.8. The highest BCUT2D eigenvalue weighted by atomic mass is 15.0. The van der Waals surface area contributed by atoms with Gasteiger partial charge < -0.3 is 10.5 Å². The predicted molar refractivity (Wildman–Crippen MR) is 67.4 cm³/mol. The average molecular weight is 196 g/mol. The molecule has 2 aromatic carbocycles. The summed E-state index contributed by atoms with van der Waals surface area (Å²) in [5.41, 5.74) is 2.49. The summed E-state index contributed by atoms with van der Waals surface area (Å²) in [7, 11) is 0. The Hall–Kier alpha value is -1.64. The molecule has 15 heavy (non-hydrogen) atoms. The monoisotopic (exact) mass is 196 g/mol. The third-order valence-electron chi connectivity index (χ3n) is 2.97. The molecule has 0 radical (unpaired) electrons. The highest BCUT2D eigenvalue weighted by molar-refractivity contribution is 6.67. The Morgan fingerprint density at radius 2 is 1.60 bits per heavy atom. The summed E-state index contributed by atoms with van der Waals surface area (Å²) in [4.78, 5) is 0. The summed E-state index contributed by atoms with van der Waals surface area (Å²) in [6.45, 7) is 2.53. The van der Waals surface area contributed by atoms with Gasteiger partial charge in [-0.2, -0.15) is 0 Å². The quantitative estimate of drug-likeness (QED) is 0.684. The maximum atomic E-state index is 3.50. The standard InChI is InChI=1S/C12H13BN2/c1-2-13-14-10-7-3-5-9-6-4-8-11(15-13)12(9)10/h3-8,14-15H,2H2,1H3. The molecule has 2 nitrogen and oxygen atoms in total. The molecule has 0 spiro atoms. The molecule has 0 amide bonds. The van der Waals surface area contributed by atoms with Crippen molar-refractivity contribution in [1.29, 1.82) is 0 Å². The second-order valence-corrected chi connectivity index (χ2v) is 3.96. The predicted octanol–water partition coefficient (Wildman–Crippen LogP) is 3.19. The highest BCUT2D eigenvalue weighted by Gasteiger charge is 2.20. The topological polar surface area (TPSA) is 24.1 Å². The largest absolute Gasteiger partial charge is 0.409 e. The van der Waals surface area contributed by atoms with E-state index in [1.54, 1.807) is 0 Å². The lowest BCUT2D eigenvalue weighted by molar-refractivity contribution is 1.39. The molecule has 74 valence electrons. The third kappa shape index (κ3) is 1.27. The SMILES string of the molecule is CCB1Nc2cccc3cccc(c23)N1. The van der Waals surface area contributed by atoms with Crippen molar-refractivity contribution < 1.29 is 0 Å². The number of rotatable bonds is 1. The minimum absolute atomic E-state index is 0.352. The molecule has 3 rings (SSSR count). The van der Waals surface area contributed by atoms with Crippen LogP contribution in [0.15, 0.2) is 36.4 Å². The van der Waals surface area contributed by atoms with E-state index in [4.69, 9.17) is 0 Å². The van der Waals surface area contributed by atoms with Crippen LogP contribution in [0.1, 0.15) is 6.92 Å². The van der Waals surface area contributed by atoms with Crippen LogP contribution in [0.5, 0.6) is 0 Å². The average Bonchev–Trinajstić information content (AvgIpc) is 2.29. The van der Waals surface area contributed by atoms with E-state index in [0.29, 0.717) is 6.98 Å². The molecule has 1 heterocycles. The molecule has 0 saturated carbocycles. The van der Waals surface area contributed by atoms with E-state index in [-0.39, 0.29) is 0 Å². The Bertz CT molecular complexity index is 469. The molecule has 3 heteroatoms. The third-order valence-corrected chi connectivity index (χ3v) is 2.97. The maximum absolute atomic E-state index is 3.50. The lowest BCUT2D eigenvalue weighted by Crippen LogP contribution is -2.36. The van der Waals surface area contributed by atoms with Gasteiger partial charge in [0.05, 0.1) is 0 Å². The Labute approximate surface area is 89.8 Å². The van der Waals surface area contributed by atoms with Crippen LogP contribution < -0.4 is 10.5 Å². The van der Waals surface area contributed by atoms with Gasteiger partial charge in [0.15, 0.2) is 0 Å². The molecule has 2 N–H and O–H groups in total. The van der Waals surface area contributed by atoms with Crippen LogP contribution in [0.25, 0.3) is 10.8 Å². The Morgan fingerprint density at radius 1 is 1.00 bits per heavy atom. The molecule has 1 aliphatic heterocycles. The second kappa shape index (κ2) is 3.19. The van der Waals surface area contributed by atoms with Gasteiger partial charge in [-0.3, -0.25) is 0 Å². The van der Waals surface area contributed by atoms with Gasteiger partial charge in [-0.1, -0.05) is 31.2 Å². The molecule has 0 aliphatic carbocycles. The number of hydrogen-bond acceptors (Lipinski definition) is 2. The van der Waals surface area contributed by atoms with Crippen LogP contribution in [0.3, 0.4) is 0 Å². The van der Waals surface area contributed by atoms with Crippen molar-refractivity contribution in [3.05, 3.63) is 36.4 Å². The van der Waals surface area contributed by atoms with Crippen LogP contribution in [0.2, 0.25) is 6.32 Å². The van der Waals surface area contributed by atoms with Crippen molar-refractivity contribution in [2.75, 3.05) is 10.5 Å². The van der Waals surface area contributed by atoms with E-state index < -0.39 is 0 Å². The first-order chi connectivity index (χ1) is 7.38. The Balaban J connectivity index is 2.27. The van der Waals surface area contributed by atoms with Crippen LogP contribution in [-0.2, 0) is 0 Å². The Morgan fingerprint density at radius 3 is 2.13 bits per heavy atom. The van der Waals surface area contributed by atoms with Crippen LogP contribution in [-0.4, -0.2) is 6.98 Å². The Kier molecular flexibility index (Phi) is 1.84. The summed E-state index contributed by atoms with van der Waals surface area (Å²) < 4.78 is 0. The van der Waals surface area contributed by atoms with E-state index in [0.717, 1.165) is 6.32 Å². The number of benzene rings is 2. The van der Waals surface area contributed by atoms with E-state index in [1.165, 1.54) is 22.1 Å². The fourth-order valence-corrected chi connectivity index (χ4v) is 2.20. The summed E-state index contributed by atoms with van der Waals surface area (Å²) >= 11 is 0. The fourth-order valence-electron chi connectivity index (χ4n) is 2.20. The van der Waals surface area contributed by atoms with Gasteiger partial charge in [0.25, 0.3) is 0 Å². The van der Waals surface area contributed by atoms with Gasteiger partial charge in [0.2, 0.25) is 0 Å². The van der Waals surface area contributed by atoms with E-state index in [2.05, 4.69) is 53.8 Å². The molecule has 1 aliphatic rings. The maximum Gasteiger partial charge on any atom is 0.369 e. The zero-order valence-corrected chi connectivity index (χ0v) is 8.75. The van der Waals surface area contributed by atoms with Crippen molar-refractivity contribution in [2.24, 2.45) is 0 Å². The lowest BCUT2D eigenvalue weighted by atomic mass is 9.71. The number of nitrogens with one attached hydrogen (secondary N) is 2. The van der Waals surface area contributed by atoms with Crippen molar-refractivity contribution in [2.45, 2.75) is 13.2 Å². The van der Waals surface area contributed by atoms with Crippen molar-refractivity contribution >= 4 is 29.1 Å². The second-order valence-electron chi connectivity index (χ2n) is 3.96. The van der Waals surface area contributed by atoms with Gasteiger partial charge in [0, 0.05) is 16.8 Å². The highest BCUT2D eigenvalue weighted by Crippen LogP contribution is 2.34. The molecule has 0 aromatic heterocycles. The van der Waals surface area contributed by atoms with Gasteiger partial charge in [-0.15, -0.1) is 0 Å². The van der Waals surface area contributed by atoms with Gasteiger partial charge >= 0.3 is 6.98 Å². The molecule has 0 unspecified atom stereocenters. The lowest BCUT2D eigenvalue weighted by Gasteiger charge is -2.25. The zero-order chi connectivity index (χ0) is 10.3. The van der Waals surface area contributed by atoms with E-state index in [1.807, 2.05) is 0 Å². The molecular formula is C12H13BN2. The first kappa shape index (κ1) is 8.66.